The van der Waals surface area contributed by atoms with E-state index in [0.717, 1.165) is 36.8 Å². The third-order valence-corrected chi connectivity index (χ3v) is 8.13. The lowest BCUT2D eigenvalue weighted by Gasteiger charge is -2.59. The van der Waals surface area contributed by atoms with Crippen LogP contribution in [0.1, 0.15) is 72.6 Å². The lowest BCUT2D eigenvalue weighted by atomic mass is 9.46. The van der Waals surface area contributed by atoms with Crippen LogP contribution >= 0.6 is 0 Å². The third kappa shape index (κ3) is 4.06. The molecule has 0 amide bonds. The van der Waals surface area contributed by atoms with E-state index in [1.807, 2.05) is 0 Å². The van der Waals surface area contributed by atoms with E-state index >= 15 is 0 Å². The zero-order valence-electron chi connectivity index (χ0n) is 17.9. The normalized spacial score (nSPS) is 37.9. The van der Waals surface area contributed by atoms with E-state index in [1.165, 1.54) is 32.1 Å². The van der Waals surface area contributed by atoms with Gasteiger partial charge in [0.15, 0.2) is 0 Å². The SMILES string of the molecule is CC(C)C1CC[C@@H]2C(=CCC3[C@@](C)(COC(=O)/C=C/C(=O)O)CCC[C@@]32C)C1. The molecule has 0 radical (unpaired) electrons. The van der Waals surface area contributed by atoms with E-state index in [-0.39, 0.29) is 10.8 Å². The van der Waals surface area contributed by atoms with E-state index in [9.17, 15) is 9.59 Å². The molecule has 0 spiro atoms. The average molecular weight is 389 g/mol. The topological polar surface area (TPSA) is 63.6 Å². The number of aliphatic carboxylic acids is 1. The van der Waals surface area contributed by atoms with Crippen molar-refractivity contribution in [2.75, 3.05) is 6.61 Å². The first-order valence-corrected chi connectivity index (χ1v) is 10.9. The number of fused-ring (bicyclic) bond motifs is 3. The Morgan fingerprint density at radius 3 is 2.68 bits per heavy atom. The molecule has 2 fully saturated rings. The highest BCUT2D eigenvalue weighted by atomic mass is 16.5. The van der Waals surface area contributed by atoms with Crippen LogP contribution in [0.2, 0.25) is 0 Å². The molecule has 3 rings (SSSR count). The molecule has 0 aromatic heterocycles. The Morgan fingerprint density at radius 2 is 2.00 bits per heavy atom. The van der Waals surface area contributed by atoms with Gasteiger partial charge in [-0.05, 0) is 67.6 Å². The molecule has 28 heavy (non-hydrogen) atoms. The second-order valence-electron chi connectivity index (χ2n) is 10.2. The van der Waals surface area contributed by atoms with Gasteiger partial charge in [0.2, 0.25) is 0 Å². The van der Waals surface area contributed by atoms with E-state index in [2.05, 4.69) is 33.8 Å². The van der Waals surface area contributed by atoms with Gasteiger partial charge in [-0.25, -0.2) is 9.59 Å². The molecule has 3 aliphatic rings. The maximum absolute atomic E-state index is 11.9. The number of carboxylic acids is 1. The van der Waals surface area contributed by atoms with Crippen LogP contribution in [0.25, 0.3) is 0 Å². The van der Waals surface area contributed by atoms with Gasteiger partial charge in [0.05, 0.1) is 6.61 Å². The van der Waals surface area contributed by atoms with E-state index < -0.39 is 11.9 Å². The molecule has 5 atom stereocenters. The molecule has 4 heteroatoms. The molecule has 2 saturated carbocycles. The summed E-state index contributed by atoms with van der Waals surface area (Å²) in [7, 11) is 0. The Balaban J connectivity index is 1.75. The summed E-state index contributed by atoms with van der Waals surface area (Å²) in [6.07, 6.45) is 12.8. The molecule has 0 aliphatic heterocycles. The Kier molecular flexibility index (Phi) is 6.07. The van der Waals surface area contributed by atoms with Crippen molar-refractivity contribution in [1.29, 1.82) is 0 Å². The molecule has 2 unspecified atom stereocenters. The van der Waals surface area contributed by atoms with Crippen molar-refractivity contribution in [1.82, 2.24) is 0 Å². The Morgan fingerprint density at radius 1 is 1.25 bits per heavy atom. The zero-order valence-corrected chi connectivity index (χ0v) is 17.9. The van der Waals surface area contributed by atoms with Gasteiger partial charge in [-0.15, -0.1) is 0 Å². The van der Waals surface area contributed by atoms with Crippen molar-refractivity contribution in [3.05, 3.63) is 23.8 Å². The molecule has 0 aromatic carbocycles. The van der Waals surface area contributed by atoms with Gasteiger partial charge < -0.3 is 9.84 Å². The van der Waals surface area contributed by atoms with Crippen LogP contribution in [0.5, 0.6) is 0 Å². The zero-order chi connectivity index (χ0) is 20.5. The van der Waals surface area contributed by atoms with Crippen LogP contribution in [-0.4, -0.2) is 23.7 Å². The van der Waals surface area contributed by atoms with Crippen LogP contribution in [0, 0.1) is 34.5 Å². The maximum atomic E-state index is 11.9. The van der Waals surface area contributed by atoms with Crippen LogP contribution in [0.4, 0.5) is 0 Å². The second kappa shape index (κ2) is 8.04. The third-order valence-electron chi connectivity index (χ3n) is 8.13. The molecular weight excluding hydrogens is 352 g/mol. The summed E-state index contributed by atoms with van der Waals surface area (Å²) < 4.78 is 5.50. The summed E-state index contributed by atoms with van der Waals surface area (Å²) in [6.45, 7) is 9.82. The number of hydrogen-bond donors (Lipinski definition) is 1. The average Bonchev–Trinajstić information content (AvgIpc) is 2.64. The summed E-state index contributed by atoms with van der Waals surface area (Å²) in [5.41, 5.74) is 1.92. The summed E-state index contributed by atoms with van der Waals surface area (Å²) in [4.78, 5) is 22.5. The monoisotopic (exact) mass is 388 g/mol. The Bertz CT molecular complexity index is 676. The van der Waals surface area contributed by atoms with Crippen LogP contribution in [0.15, 0.2) is 23.8 Å². The minimum atomic E-state index is -1.13. The molecular formula is C24H36O4. The Hall–Kier alpha value is -1.58. The number of allylic oxidation sites excluding steroid dienone is 2. The van der Waals surface area contributed by atoms with Gasteiger partial charge in [-0.1, -0.05) is 45.8 Å². The number of carboxylic acid groups (broad SMARTS) is 1. The quantitative estimate of drug-likeness (QED) is 0.390. The molecule has 0 heterocycles. The van der Waals surface area contributed by atoms with E-state index in [4.69, 9.17) is 9.84 Å². The summed E-state index contributed by atoms with van der Waals surface area (Å²) in [5, 5.41) is 8.68. The number of carbonyl (C=O) groups is 2. The molecule has 3 aliphatic carbocycles. The van der Waals surface area contributed by atoms with Gasteiger partial charge in [0, 0.05) is 17.6 Å². The van der Waals surface area contributed by atoms with E-state index in [1.54, 1.807) is 5.57 Å². The second-order valence-corrected chi connectivity index (χ2v) is 10.2. The van der Waals surface area contributed by atoms with Crippen LogP contribution in [-0.2, 0) is 14.3 Å². The summed E-state index contributed by atoms with van der Waals surface area (Å²) >= 11 is 0. The van der Waals surface area contributed by atoms with Crippen molar-refractivity contribution in [2.45, 2.75) is 72.6 Å². The number of rotatable bonds is 5. The van der Waals surface area contributed by atoms with Crippen molar-refractivity contribution < 1.29 is 19.4 Å². The highest BCUT2D eigenvalue weighted by Gasteiger charge is 2.55. The minimum Gasteiger partial charge on any atom is -0.478 e. The predicted octanol–water partition coefficient (Wildman–Crippen LogP) is 5.39. The van der Waals surface area contributed by atoms with Gasteiger partial charge >= 0.3 is 11.9 Å². The lowest BCUT2D eigenvalue weighted by Crippen LogP contribution is -2.52. The first kappa shape index (κ1) is 21.1. The fourth-order valence-electron chi connectivity index (χ4n) is 6.51. The fraction of sp³-hybridized carbons (Fsp3) is 0.750. The number of ether oxygens (including phenoxy) is 1. The van der Waals surface area contributed by atoms with Crippen molar-refractivity contribution in [3.8, 4) is 0 Å². The molecule has 156 valence electrons. The number of hydrogen-bond acceptors (Lipinski definition) is 3. The molecule has 4 nitrogen and oxygen atoms in total. The van der Waals surface area contributed by atoms with E-state index in [0.29, 0.717) is 18.4 Å². The van der Waals surface area contributed by atoms with Gasteiger partial charge in [0.25, 0.3) is 0 Å². The first-order chi connectivity index (χ1) is 13.2. The van der Waals surface area contributed by atoms with Gasteiger partial charge in [0.1, 0.15) is 0 Å². The highest BCUT2D eigenvalue weighted by Crippen LogP contribution is 2.62. The van der Waals surface area contributed by atoms with Gasteiger partial charge in [-0.3, -0.25) is 0 Å². The van der Waals surface area contributed by atoms with Gasteiger partial charge in [-0.2, -0.15) is 0 Å². The molecule has 0 aromatic rings. The van der Waals surface area contributed by atoms with Crippen molar-refractivity contribution in [3.63, 3.8) is 0 Å². The predicted molar refractivity (Wildman–Crippen MR) is 110 cm³/mol. The largest absolute Gasteiger partial charge is 0.478 e. The smallest absolute Gasteiger partial charge is 0.331 e. The first-order valence-electron chi connectivity index (χ1n) is 10.9. The van der Waals surface area contributed by atoms with Crippen LogP contribution < -0.4 is 0 Å². The fourth-order valence-corrected chi connectivity index (χ4v) is 6.51. The van der Waals surface area contributed by atoms with Crippen LogP contribution in [0.3, 0.4) is 0 Å². The minimum absolute atomic E-state index is 0.0450. The Labute approximate surface area is 169 Å². The standard InChI is InChI=1S/C24H36O4/c1-16(2)17-6-8-19-18(14-17)7-9-20-23(3,12-5-13-24(19,20)4)15-28-22(27)11-10-21(25)26/h7,10-11,16-17,19-20H,5-6,8-9,12-15H2,1-4H3,(H,25,26)/b11-10+/t17?,19-,20?,23-,24-/m1/s1. The van der Waals surface area contributed by atoms with Crippen molar-refractivity contribution in [2.24, 2.45) is 34.5 Å². The number of carbonyl (C=O) groups excluding carboxylic acids is 1. The summed E-state index contributed by atoms with van der Waals surface area (Å²) in [6, 6.07) is 0. The maximum Gasteiger partial charge on any atom is 0.331 e. The molecule has 0 saturated heterocycles. The molecule has 0 bridgehead atoms. The van der Waals surface area contributed by atoms with Crippen molar-refractivity contribution >= 4 is 11.9 Å². The molecule has 1 N–H and O–H groups in total. The number of esters is 1. The lowest BCUT2D eigenvalue weighted by molar-refractivity contribution is -0.149. The summed E-state index contributed by atoms with van der Waals surface area (Å²) in [5.74, 6) is 1.07. The highest BCUT2D eigenvalue weighted by molar-refractivity contribution is 5.90.